The van der Waals surface area contributed by atoms with E-state index in [0.29, 0.717) is 44.3 Å². The van der Waals surface area contributed by atoms with E-state index in [0.717, 1.165) is 5.56 Å². The summed E-state index contributed by atoms with van der Waals surface area (Å²) in [7, 11) is 0. The summed E-state index contributed by atoms with van der Waals surface area (Å²) in [5.41, 5.74) is 0.818. The van der Waals surface area contributed by atoms with Gasteiger partial charge in [0.1, 0.15) is 0 Å². The molecule has 3 heterocycles. The zero-order valence-electron chi connectivity index (χ0n) is 15.8. The highest BCUT2D eigenvalue weighted by atomic mass is 16.7. The second-order valence-electron chi connectivity index (χ2n) is 6.95. The highest BCUT2D eigenvalue weighted by Crippen LogP contribution is 2.33. The molecule has 2 saturated heterocycles. The molecule has 0 unspecified atom stereocenters. The van der Waals surface area contributed by atoms with E-state index < -0.39 is 6.04 Å². The Labute approximate surface area is 162 Å². The third-order valence-corrected chi connectivity index (χ3v) is 5.28. The zero-order valence-corrected chi connectivity index (χ0v) is 15.8. The summed E-state index contributed by atoms with van der Waals surface area (Å²) in [6, 6.07) is 4.95. The summed E-state index contributed by atoms with van der Waals surface area (Å²) in [6.07, 6.45) is -0.164. The first-order chi connectivity index (χ1) is 13.6. The lowest BCUT2D eigenvalue weighted by Gasteiger charge is -2.36. The van der Waals surface area contributed by atoms with Gasteiger partial charge in [-0.25, -0.2) is 4.79 Å². The molecule has 0 bridgehead atoms. The molecule has 28 heavy (non-hydrogen) atoms. The number of amides is 3. The van der Waals surface area contributed by atoms with E-state index in [-0.39, 0.29) is 37.7 Å². The van der Waals surface area contributed by atoms with Crippen LogP contribution in [0.15, 0.2) is 18.2 Å². The Morgan fingerprint density at radius 3 is 2.64 bits per heavy atom. The first kappa shape index (κ1) is 18.5. The first-order valence-corrected chi connectivity index (χ1v) is 9.45. The molecule has 2 fully saturated rings. The van der Waals surface area contributed by atoms with Gasteiger partial charge < -0.3 is 19.1 Å². The number of carbonyl (C=O) groups is 3. The molecule has 0 spiro atoms. The molecule has 3 amide bonds. The van der Waals surface area contributed by atoms with Crippen molar-refractivity contribution in [2.75, 3.05) is 39.6 Å². The maximum atomic E-state index is 12.9. The summed E-state index contributed by atoms with van der Waals surface area (Å²) in [4.78, 5) is 42.1. The predicted molar refractivity (Wildman–Crippen MR) is 96.7 cm³/mol. The molecule has 150 valence electrons. The molecule has 9 nitrogen and oxygen atoms in total. The van der Waals surface area contributed by atoms with Gasteiger partial charge in [-0.3, -0.25) is 19.4 Å². The summed E-state index contributed by atoms with van der Waals surface area (Å²) in [5.74, 6) is 0.927. The standard InChI is InChI=1S/C19H23N3O6/c1-2-26-19(25)21-7-5-20(6-8-21)14-10-17(23)22(18(14)24)11-13-3-4-15-16(9-13)28-12-27-15/h3-4,9,14H,2,5-8,10-12H2,1H3/t14-/m1/s1. The van der Waals surface area contributed by atoms with Crippen molar-refractivity contribution in [1.29, 1.82) is 0 Å². The number of nitrogens with zero attached hydrogens (tertiary/aromatic N) is 3. The van der Waals surface area contributed by atoms with Gasteiger partial charge in [0.2, 0.25) is 18.6 Å². The molecule has 1 aromatic rings. The third-order valence-electron chi connectivity index (χ3n) is 5.28. The lowest BCUT2D eigenvalue weighted by molar-refractivity contribution is -0.140. The molecule has 1 aromatic carbocycles. The molecule has 1 atom stereocenters. The normalized spacial score (nSPS) is 22.1. The number of rotatable bonds is 4. The number of benzene rings is 1. The van der Waals surface area contributed by atoms with Crippen molar-refractivity contribution in [3.8, 4) is 11.5 Å². The third kappa shape index (κ3) is 3.49. The highest BCUT2D eigenvalue weighted by Gasteiger charge is 2.42. The van der Waals surface area contributed by atoms with Gasteiger partial charge in [0.25, 0.3) is 0 Å². The largest absolute Gasteiger partial charge is 0.454 e. The molecule has 4 rings (SSSR count). The Morgan fingerprint density at radius 1 is 1.14 bits per heavy atom. The van der Waals surface area contributed by atoms with Gasteiger partial charge in [0.15, 0.2) is 11.5 Å². The lowest BCUT2D eigenvalue weighted by atomic mass is 10.1. The van der Waals surface area contributed by atoms with E-state index in [1.807, 2.05) is 11.0 Å². The van der Waals surface area contributed by atoms with E-state index in [9.17, 15) is 14.4 Å². The molecule has 0 radical (unpaired) electrons. The van der Waals surface area contributed by atoms with Crippen LogP contribution in [0.3, 0.4) is 0 Å². The van der Waals surface area contributed by atoms with E-state index in [1.54, 1.807) is 24.0 Å². The van der Waals surface area contributed by atoms with Crippen LogP contribution in [0.4, 0.5) is 4.79 Å². The fourth-order valence-corrected chi connectivity index (χ4v) is 3.77. The van der Waals surface area contributed by atoms with Crippen molar-refractivity contribution >= 4 is 17.9 Å². The molecule has 0 N–H and O–H groups in total. The quantitative estimate of drug-likeness (QED) is 0.705. The SMILES string of the molecule is CCOC(=O)N1CCN([C@@H]2CC(=O)N(Cc3ccc4c(c3)OCO4)C2=O)CC1. The number of hydrogen-bond acceptors (Lipinski definition) is 7. The van der Waals surface area contributed by atoms with Crippen molar-refractivity contribution in [3.05, 3.63) is 23.8 Å². The van der Waals surface area contributed by atoms with E-state index in [2.05, 4.69) is 0 Å². The van der Waals surface area contributed by atoms with Crippen molar-refractivity contribution in [2.24, 2.45) is 0 Å². The number of hydrogen-bond donors (Lipinski definition) is 0. The smallest absolute Gasteiger partial charge is 0.409 e. The molecule has 0 aromatic heterocycles. The van der Waals surface area contributed by atoms with Gasteiger partial charge in [-0.15, -0.1) is 0 Å². The minimum Gasteiger partial charge on any atom is -0.454 e. The number of imide groups is 1. The molecule has 0 aliphatic carbocycles. The fourth-order valence-electron chi connectivity index (χ4n) is 3.77. The van der Waals surface area contributed by atoms with Crippen LogP contribution in [0.2, 0.25) is 0 Å². The Kier molecular flexibility index (Phi) is 5.08. The summed E-state index contributed by atoms with van der Waals surface area (Å²) in [5, 5.41) is 0. The van der Waals surface area contributed by atoms with Crippen LogP contribution in [-0.4, -0.2) is 78.2 Å². The van der Waals surface area contributed by atoms with Crippen molar-refractivity contribution in [3.63, 3.8) is 0 Å². The van der Waals surface area contributed by atoms with Gasteiger partial charge in [0.05, 0.1) is 25.6 Å². The Balaban J connectivity index is 1.37. The molecule has 3 aliphatic rings. The minimum absolute atomic E-state index is 0.169. The van der Waals surface area contributed by atoms with Gasteiger partial charge in [0, 0.05) is 26.2 Å². The number of likely N-dealkylation sites (tertiary alicyclic amines) is 1. The van der Waals surface area contributed by atoms with Gasteiger partial charge in [-0.05, 0) is 24.6 Å². The van der Waals surface area contributed by atoms with Crippen LogP contribution in [0.5, 0.6) is 11.5 Å². The van der Waals surface area contributed by atoms with E-state index in [4.69, 9.17) is 14.2 Å². The summed E-state index contributed by atoms with van der Waals surface area (Å²) in [6.45, 7) is 4.56. The summed E-state index contributed by atoms with van der Waals surface area (Å²) < 4.78 is 15.7. The minimum atomic E-state index is -0.467. The van der Waals surface area contributed by atoms with Crippen LogP contribution < -0.4 is 9.47 Å². The van der Waals surface area contributed by atoms with Crippen molar-refractivity contribution in [1.82, 2.24) is 14.7 Å². The molecule has 0 saturated carbocycles. The molecule has 9 heteroatoms. The number of carbonyl (C=O) groups excluding carboxylic acids is 3. The lowest BCUT2D eigenvalue weighted by Crippen LogP contribution is -2.53. The van der Waals surface area contributed by atoms with E-state index in [1.165, 1.54) is 4.90 Å². The van der Waals surface area contributed by atoms with Crippen LogP contribution in [-0.2, 0) is 20.9 Å². The van der Waals surface area contributed by atoms with Crippen LogP contribution in [0.1, 0.15) is 18.9 Å². The Morgan fingerprint density at radius 2 is 1.89 bits per heavy atom. The van der Waals surface area contributed by atoms with Crippen molar-refractivity contribution in [2.45, 2.75) is 25.9 Å². The van der Waals surface area contributed by atoms with Gasteiger partial charge in [-0.1, -0.05) is 6.07 Å². The fraction of sp³-hybridized carbons (Fsp3) is 0.526. The first-order valence-electron chi connectivity index (χ1n) is 9.45. The average Bonchev–Trinajstić information content (AvgIpc) is 3.27. The van der Waals surface area contributed by atoms with Crippen LogP contribution >= 0.6 is 0 Å². The Bertz CT molecular complexity index is 790. The monoisotopic (exact) mass is 389 g/mol. The number of fused-ring (bicyclic) bond motifs is 1. The summed E-state index contributed by atoms with van der Waals surface area (Å²) >= 11 is 0. The maximum absolute atomic E-state index is 12.9. The van der Waals surface area contributed by atoms with Crippen molar-refractivity contribution < 1.29 is 28.6 Å². The highest BCUT2D eigenvalue weighted by molar-refractivity contribution is 6.05. The number of piperazine rings is 1. The number of ether oxygens (including phenoxy) is 3. The maximum Gasteiger partial charge on any atom is 0.409 e. The predicted octanol–water partition coefficient (Wildman–Crippen LogP) is 0.817. The van der Waals surface area contributed by atoms with Crippen LogP contribution in [0, 0.1) is 0 Å². The van der Waals surface area contributed by atoms with Gasteiger partial charge >= 0.3 is 6.09 Å². The second kappa shape index (κ2) is 7.67. The van der Waals surface area contributed by atoms with Crippen LogP contribution in [0.25, 0.3) is 0 Å². The zero-order chi connectivity index (χ0) is 19.7. The second-order valence-corrected chi connectivity index (χ2v) is 6.95. The molecular weight excluding hydrogens is 366 g/mol. The molecule has 3 aliphatic heterocycles. The van der Waals surface area contributed by atoms with Gasteiger partial charge in [-0.2, -0.15) is 0 Å². The molecular formula is C19H23N3O6. The Hall–Kier alpha value is -2.81. The topological polar surface area (TPSA) is 88.6 Å². The average molecular weight is 389 g/mol. The van der Waals surface area contributed by atoms with E-state index >= 15 is 0 Å².